The first kappa shape index (κ1) is 11.7. The molecule has 0 radical (unpaired) electrons. The summed E-state index contributed by atoms with van der Waals surface area (Å²) >= 11 is 10.4. The highest BCUT2D eigenvalue weighted by Crippen LogP contribution is 2.27. The van der Waals surface area contributed by atoms with Crippen LogP contribution in [0.1, 0.15) is 17.9 Å². The fraction of sp³-hybridized carbons (Fsp3) is 0.222. The average molecular weight is 420 g/mol. The molecule has 0 aromatic heterocycles. The van der Waals surface area contributed by atoms with E-state index in [1.807, 2.05) is 18.2 Å². The third kappa shape index (κ3) is 3.06. The molecule has 0 saturated carbocycles. The van der Waals surface area contributed by atoms with E-state index in [-0.39, 0.29) is 5.78 Å². The molecule has 0 aliphatic rings. The molecule has 0 spiro atoms. The number of ketones is 1. The fourth-order valence-electron chi connectivity index (χ4n) is 0.926. The molecule has 0 N–H and O–H groups in total. The summed E-state index contributed by atoms with van der Waals surface area (Å²) in [5, 5.41) is -0.510. The normalized spacial score (nSPS) is 12.6. The molecule has 1 aromatic rings. The van der Waals surface area contributed by atoms with Crippen LogP contribution in [0.3, 0.4) is 0 Å². The van der Waals surface area contributed by atoms with E-state index >= 15 is 0 Å². The Balaban J connectivity index is 3.08. The van der Waals surface area contributed by atoms with Gasteiger partial charge in [-0.05, 0) is 69.8 Å². The lowest BCUT2D eigenvalue weighted by Crippen LogP contribution is -2.03. The summed E-state index contributed by atoms with van der Waals surface area (Å²) in [6.07, 6.45) is 0. The van der Waals surface area contributed by atoms with Crippen LogP contribution >= 0.6 is 56.8 Å². The van der Waals surface area contributed by atoms with Gasteiger partial charge in [-0.3, -0.25) is 4.79 Å². The van der Waals surface area contributed by atoms with Crippen molar-refractivity contribution in [2.24, 2.45) is 0 Å². The van der Waals surface area contributed by atoms with Crippen LogP contribution in [0.4, 0.5) is 0 Å². The molecular formula is C9H7ClI2O. The Labute approximate surface area is 110 Å². The third-order valence-electron chi connectivity index (χ3n) is 1.59. The zero-order valence-corrected chi connectivity index (χ0v) is 11.9. The maximum atomic E-state index is 11.0. The Hall–Kier alpha value is 0.640. The number of alkyl halides is 1. The highest BCUT2D eigenvalue weighted by atomic mass is 127. The minimum absolute atomic E-state index is 0.0132. The van der Waals surface area contributed by atoms with Gasteiger partial charge in [0.05, 0.1) is 0 Å². The number of rotatable bonds is 2. The molecule has 0 saturated heterocycles. The van der Waals surface area contributed by atoms with Crippen molar-refractivity contribution in [3.8, 4) is 0 Å². The smallest absolute Gasteiger partial charge is 0.152 e. The van der Waals surface area contributed by atoms with E-state index in [4.69, 9.17) is 11.6 Å². The summed E-state index contributed by atoms with van der Waals surface area (Å²) in [4.78, 5) is 11.0. The number of halogens is 3. The number of carbonyl (C=O) groups excluding carboxylic acids is 1. The van der Waals surface area contributed by atoms with Gasteiger partial charge in [0.2, 0.25) is 0 Å². The van der Waals surface area contributed by atoms with E-state index in [1.165, 1.54) is 6.92 Å². The highest BCUT2D eigenvalue weighted by Gasteiger charge is 2.15. The molecule has 0 aliphatic heterocycles. The zero-order chi connectivity index (χ0) is 10.0. The molecule has 70 valence electrons. The molecule has 1 nitrogen and oxygen atoms in total. The lowest BCUT2D eigenvalue weighted by Gasteiger charge is -2.08. The summed E-state index contributed by atoms with van der Waals surface area (Å²) in [6, 6.07) is 5.87. The van der Waals surface area contributed by atoms with Crippen LogP contribution in [-0.2, 0) is 4.79 Å². The van der Waals surface area contributed by atoms with Crippen LogP contribution < -0.4 is 0 Å². The molecule has 0 aliphatic carbocycles. The zero-order valence-electron chi connectivity index (χ0n) is 6.85. The second-order valence-corrected chi connectivity index (χ2v) is 5.48. The van der Waals surface area contributed by atoms with Gasteiger partial charge < -0.3 is 0 Å². The van der Waals surface area contributed by atoms with Gasteiger partial charge in [0, 0.05) is 7.14 Å². The Morgan fingerprint density at radius 2 is 2.08 bits per heavy atom. The van der Waals surface area contributed by atoms with Gasteiger partial charge in [-0.25, -0.2) is 0 Å². The van der Waals surface area contributed by atoms with E-state index in [2.05, 4.69) is 45.2 Å². The maximum absolute atomic E-state index is 11.0. The minimum atomic E-state index is -0.510. The summed E-state index contributed by atoms with van der Waals surface area (Å²) in [5.41, 5.74) is 0.898. The molecule has 4 heteroatoms. The highest BCUT2D eigenvalue weighted by molar-refractivity contribution is 14.1. The fourth-order valence-corrected chi connectivity index (χ4v) is 3.21. The van der Waals surface area contributed by atoms with Gasteiger partial charge in [-0.1, -0.05) is 6.07 Å². The summed E-state index contributed by atoms with van der Waals surface area (Å²) in [5.74, 6) is -0.0132. The predicted molar refractivity (Wildman–Crippen MR) is 71.2 cm³/mol. The van der Waals surface area contributed by atoms with Crippen LogP contribution in [0.25, 0.3) is 0 Å². The van der Waals surface area contributed by atoms with Crippen molar-refractivity contribution in [3.63, 3.8) is 0 Å². The van der Waals surface area contributed by atoms with Crippen molar-refractivity contribution in [3.05, 3.63) is 30.9 Å². The molecular weight excluding hydrogens is 413 g/mol. The van der Waals surface area contributed by atoms with Crippen LogP contribution in [0.2, 0.25) is 0 Å². The van der Waals surface area contributed by atoms with Gasteiger partial charge in [0.25, 0.3) is 0 Å². The van der Waals surface area contributed by atoms with Crippen LogP contribution in [0.5, 0.6) is 0 Å². The predicted octanol–water partition coefficient (Wildman–Crippen LogP) is 3.76. The van der Waals surface area contributed by atoms with Crippen molar-refractivity contribution >= 4 is 62.6 Å². The van der Waals surface area contributed by atoms with Crippen molar-refractivity contribution in [1.82, 2.24) is 0 Å². The summed E-state index contributed by atoms with van der Waals surface area (Å²) < 4.78 is 2.19. The van der Waals surface area contributed by atoms with Crippen molar-refractivity contribution in [1.29, 1.82) is 0 Å². The Morgan fingerprint density at radius 3 is 2.54 bits per heavy atom. The van der Waals surface area contributed by atoms with E-state index in [1.54, 1.807) is 0 Å². The van der Waals surface area contributed by atoms with Gasteiger partial charge in [-0.2, -0.15) is 0 Å². The monoisotopic (exact) mass is 420 g/mol. The van der Waals surface area contributed by atoms with Gasteiger partial charge in [-0.15, -0.1) is 11.6 Å². The molecule has 0 amide bonds. The lowest BCUT2D eigenvalue weighted by molar-refractivity contribution is -0.116. The van der Waals surface area contributed by atoms with Crippen LogP contribution in [0.15, 0.2) is 18.2 Å². The number of carbonyl (C=O) groups is 1. The quantitative estimate of drug-likeness (QED) is 0.526. The SMILES string of the molecule is CC(=O)C(Cl)c1ccc(I)cc1I. The van der Waals surface area contributed by atoms with E-state index in [9.17, 15) is 4.79 Å². The molecule has 0 fully saturated rings. The first-order valence-electron chi connectivity index (χ1n) is 3.62. The molecule has 1 unspecified atom stereocenters. The molecule has 0 bridgehead atoms. The number of benzene rings is 1. The maximum Gasteiger partial charge on any atom is 0.152 e. The number of hydrogen-bond acceptors (Lipinski definition) is 1. The van der Waals surface area contributed by atoms with Crippen LogP contribution in [0, 0.1) is 7.14 Å². The first-order chi connectivity index (χ1) is 6.02. The standard InChI is InChI=1S/C9H7ClI2O/c1-5(13)9(10)7-3-2-6(11)4-8(7)12/h2-4,9H,1H3. The average Bonchev–Trinajstić information content (AvgIpc) is 2.03. The topological polar surface area (TPSA) is 17.1 Å². The van der Waals surface area contributed by atoms with Gasteiger partial charge >= 0.3 is 0 Å². The molecule has 0 heterocycles. The summed E-state index contributed by atoms with van der Waals surface area (Å²) in [7, 11) is 0. The second kappa shape index (κ2) is 4.93. The lowest BCUT2D eigenvalue weighted by atomic mass is 10.1. The largest absolute Gasteiger partial charge is 0.298 e. The summed E-state index contributed by atoms with van der Waals surface area (Å²) in [6.45, 7) is 1.51. The third-order valence-corrected chi connectivity index (χ3v) is 3.74. The minimum Gasteiger partial charge on any atom is -0.298 e. The molecule has 1 atom stereocenters. The number of Topliss-reactive ketones (excluding diaryl/α,β-unsaturated/α-hetero) is 1. The Bertz CT molecular complexity index is 338. The van der Waals surface area contributed by atoms with Gasteiger partial charge in [0.15, 0.2) is 5.78 Å². The van der Waals surface area contributed by atoms with E-state index in [0.717, 1.165) is 12.7 Å². The number of hydrogen-bond donors (Lipinski definition) is 0. The van der Waals surface area contributed by atoms with Crippen molar-refractivity contribution in [2.45, 2.75) is 12.3 Å². The first-order valence-corrected chi connectivity index (χ1v) is 6.21. The second-order valence-electron chi connectivity index (χ2n) is 2.64. The molecule has 13 heavy (non-hydrogen) atoms. The molecule has 1 aromatic carbocycles. The van der Waals surface area contributed by atoms with Gasteiger partial charge in [0.1, 0.15) is 5.38 Å². The van der Waals surface area contributed by atoms with E-state index in [0.29, 0.717) is 0 Å². The van der Waals surface area contributed by atoms with E-state index < -0.39 is 5.38 Å². The molecule has 1 rings (SSSR count). The Morgan fingerprint density at radius 1 is 1.46 bits per heavy atom. The van der Waals surface area contributed by atoms with Crippen molar-refractivity contribution < 1.29 is 4.79 Å². The Kier molecular flexibility index (Phi) is 4.44. The van der Waals surface area contributed by atoms with Crippen molar-refractivity contribution in [2.75, 3.05) is 0 Å². The van der Waals surface area contributed by atoms with Crippen LogP contribution in [-0.4, -0.2) is 5.78 Å².